The molecule has 0 radical (unpaired) electrons. The fraction of sp³-hybridized carbons (Fsp3) is 0.250. The van der Waals surface area contributed by atoms with Gasteiger partial charge in [-0.2, -0.15) is 0 Å². The number of anilines is 1. The number of rotatable bonds is 4. The lowest BCUT2D eigenvalue weighted by atomic mass is 10.1. The second kappa shape index (κ2) is 7.32. The molecule has 3 amide bonds. The molecule has 2 heterocycles. The smallest absolute Gasteiger partial charge is 0.265 e. The van der Waals surface area contributed by atoms with Gasteiger partial charge < -0.3 is 9.47 Å². The monoisotopic (exact) mass is 381 g/mol. The van der Waals surface area contributed by atoms with E-state index >= 15 is 0 Å². The number of hydrogen-bond acceptors (Lipinski definition) is 6. The Labute approximate surface area is 161 Å². The number of carbonyl (C=O) groups is 3. The summed E-state index contributed by atoms with van der Waals surface area (Å²) in [4.78, 5) is 38.4. The molecule has 1 atom stereocenters. The number of imide groups is 1. The molecule has 0 spiro atoms. The van der Waals surface area contributed by atoms with Crippen molar-refractivity contribution in [3.05, 3.63) is 53.6 Å². The van der Waals surface area contributed by atoms with Crippen LogP contribution < -0.4 is 25.2 Å². The molecular formula is C20H19N3O5. The van der Waals surface area contributed by atoms with Crippen molar-refractivity contribution >= 4 is 23.4 Å². The van der Waals surface area contributed by atoms with Crippen molar-refractivity contribution in [3.63, 3.8) is 0 Å². The van der Waals surface area contributed by atoms with Crippen LogP contribution >= 0.6 is 0 Å². The number of hydrazine groups is 1. The van der Waals surface area contributed by atoms with Gasteiger partial charge in [-0.1, -0.05) is 17.7 Å². The Hall–Kier alpha value is -3.39. The molecule has 8 nitrogen and oxygen atoms in total. The lowest BCUT2D eigenvalue weighted by molar-refractivity contribution is -0.121. The van der Waals surface area contributed by atoms with Gasteiger partial charge in [-0.3, -0.25) is 19.8 Å². The zero-order valence-corrected chi connectivity index (χ0v) is 15.2. The third-order valence-electron chi connectivity index (χ3n) is 4.60. The van der Waals surface area contributed by atoms with Gasteiger partial charge in [-0.25, -0.2) is 10.3 Å². The van der Waals surface area contributed by atoms with E-state index in [4.69, 9.17) is 9.47 Å². The van der Waals surface area contributed by atoms with Crippen LogP contribution in [0.5, 0.6) is 11.5 Å². The third kappa shape index (κ3) is 3.41. The minimum atomic E-state index is -0.838. The van der Waals surface area contributed by atoms with Crippen LogP contribution in [0.3, 0.4) is 0 Å². The van der Waals surface area contributed by atoms with E-state index in [1.807, 2.05) is 19.1 Å². The minimum absolute atomic E-state index is 0.0541. The Bertz CT molecular complexity index is 941. The fourth-order valence-corrected chi connectivity index (χ4v) is 3.12. The Balaban J connectivity index is 1.44. The number of aryl methyl sites for hydroxylation is 1. The van der Waals surface area contributed by atoms with E-state index in [2.05, 4.69) is 10.9 Å². The summed E-state index contributed by atoms with van der Waals surface area (Å²) in [5.74, 6) is -0.102. The van der Waals surface area contributed by atoms with Crippen molar-refractivity contribution in [1.29, 1.82) is 0 Å². The highest BCUT2D eigenvalue weighted by molar-refractivity contribution is 6.22. The predicted octanol–water partition coefficient (Wildman–Crippen LogP) is 1.33. The van der Waals surface area contributed by atoms with Crippen LogP contribution in [-0.2, 0) is 9.59 Å². The molecule has 8 heteroatoms. The van der Waals surface area contributed by atoms with Crippen LogP contribution in [0.15, 0.2) is 42.5 Å². The first-order chi connectivity index (χ1) is 13.5. The molecule has 144 valence electrons. The van der Waals surface area contributed by atoms with Gasteiger partial charge >= 0.3 is 0 Å². The predicted molar refractivity (Wildman–Crippen MR) is 100 cm³/mol. The van der Waals surface area contributed by atoms with Crippen LogP contribution in [0.2, 0.25) is 0 Å². The maximum absolute atomic E-state index is 12.7. The number of nitrogens with one attached hydrogen (secondary N) is 2. The van der Waals surface area contributed by atoms with Crippen molar-refractivity contribution < 1.29 is 23.9 Å². The lowest BCUT2D eigenvalue weighted by Crippen LogP contribution is -2.48. The molecule has 2 aliphatic heterocycles. The van der Waals surface area contributed by atoms with Gasteiger partial charge in [0.15, 0.2) is 11.5 Å². The molecule has 2 aliphatic rings. The molecule has 0 aromatic heterocycles. The number of fused-ring (bicyclic) bond motifs is 1. The van der Waals surface area contributed by atoms with E-state index in [0.29, 0.717) is 36.0 Å². The molecule has 0 saturated carbocycles. The summed E-state index contributed by atoms with van der Waals surface area (Å²) in [6.45, 7) is 2.80. The molecule has 28 heavy (non-hydrogen) atoms. The summed E-state index contributed by atoms with van der Waals surface area (Å²) in [5.41, 5.74) is 7.07. The summed E-state index contributed by atoms with van der Waals surface area (Å²) in [5, 5.41) is 0. The minimum Gasteiger partial charge on any atom is -0.486 e. The summed E-state index contributed by atoms with van der Waals surface area (Å²) in [6.07, 6.45) is -0.0541. The highest BCUT2D eigenvalue weighted by Crippen LogP contribution is 2.35. The number of amides is 3. The Morgan fingerprint density at radius 2 is 1.75 bits per heavy atom. The van der Waals surface area contributed by atoms with E-state index in [1.165, 1.54) is 0 Å². The van der Waals surface area contributed by atoms with E-state index in [9.17, 15) is 14.4 Å². The van der Waals surface area contributed by atoms with Crippen LogP contribution in [0.4, 0.5) is 5.69 Å². The second-order valence-electron chi connectivity index (χ2n) is 6.62. The standard InChI is InChI=1S/C20H19N3O5/c1-12-2-4-13(5-3-12)19(25)22-21-15-11-18(24)23(20(15)26)14-6-7-16-17(10-14)28-9-8-27-16/h2-7,10,15,21H,8-9,11H2,1H3,(H,22,25)/t15-/m0/s1. The molecule has 2 aromatic rings. The van der Waals surface area contributed by atoms with Crippen LogP contribution in [0.1, 0.15) is 22.3 Å². The van der Waals surface area contributed by atoms with Crippen LogP contribution in [-0.4, -0.2) is 37.0 Å². The first-order valence-corrected chi connectivity index (χ1v) is 8.92. The maximum Gasteiger partial charge on any atom is 0.265 e. The van der Waals surface area contributed by atoms with Crippen LogP contribution in [0.25, 0.3) is 0 Å². The van der Waals surface area contributed by atoms with E-state index in [1.54, 1.807) is 30.3 Å². The SMILES string of the molecule is Cc1ccc(C(=O)NN[C@H]2CC(=O)N(c3ccc4c(c3)OCCO4)C2=O)cc1. The molecular weight excluding hydrogens is 362 g/mol. The van der Waals surface area contributed by atoms with Gasteiger partial charge in [0.25, 0.3) is 11.8 Å². The summed E-state index contributed by atoms with van der Waals surface area (Å²) >= 11 is 0. The zero-order valence-electron chi connectivity index (χ0n) is 15.2. The molecule has 2 N–H and O–H groups in total. The Morgan fingerprint density at radius 3 is 2.50 bits per heavy atom. The molecule has 4 rings (SSSR count). The highest BCUT2D eigenvalue weighted by Gasteiger charge is 2.40. The normalized spacial score (nSPS) is 18.3. The average Bonchev–Trinajstić information content (AvgIpc) is 2.99. The third-order valence-corrected chi connectivity index (χ3v) is 4.60. The van der Waals surface area contributed by atoms with Gasteiger partial charge in [0.05, 0.1) is 12.1 Å². The molecule has 0 aliphatic carbocycles. The van der Waals surface area contributed by atoms with E-state index < -0.39 is 11.9 Å². The van der Waals surface area contributed by atoms with Gasteiger partial charge in [0, 0.05) is 11.6 Å². The molecule has 0 bridgehead atoms. The largest absolute Gasteiger partial charge is 0.486 e. The topological polar surface area (TPSA) is 97.0 Å². The highest BCUT2D eigenvalue weighted by atomic mass is 16.6. The lowest BCUT2D eigenvalue weighted by Gasteiger charge is -2.21. The fourth-order valence-electron chi connectivity index (χ4n) is 3.12. The molecule has 2 aromatic carbocycles. The van der Waals surface area contributed by atoms with E-state index in [0.717, 1.165) is 10.5 Å². The summed E-state index contributed by atoms with van der Waals surface area (Å²) in [7, 11) is 0. The maximum atomic E-state index is 12.7. The van der Waals surface area contributed by atoms with Gasteiger partial charge in [0.1, 0.15) is 19.3 Å². The number of carbonyl (C=O) groups excluding carboxylic acids is 3. The van der Waals surface area contributed by atoms with Crippen molar-refractivity contribution in [2.24, 2.45) is 0 Å². The van der Waals surface area contributed by atoms with Crippen molar-refractivity contribution in [2.45, 2.75) is 19.4 Å². The summed E-state index contributed by atoms with van der Waals surface area (Å²) in [6, 6.07) is 11.1. The van der Waals surface area contributed by atoms with Crippen molar-refractivity contribution in [3.8, 4) is 11.5 Å². The Morgan fingerprint density at radius 1 is 1.04 bits per heavy atom. The molecule has 1 fully saturated rings. The van der Waals surface area contributed by atoms with Gasteiger partial charge in [0.2, 0.25) is 5.91 Å². The number of nitrogens with zero attached hydrogens (tertiary/aromatic N) is 1. The Kier molecular flexibility index (Phi) is 4.70. The quantitative estimate of drug-likeness (QED) is 0.613. The van der Waals surface area contributed by atoms with Gasteiger partial charge in [-0.05, 0) is 31.2 Å². The average molecular weight is 381 g/mol. The summed E-state index contributed by atoms with van der Waals surface area (Å²) < 4.78 is 11.0. The number of benzene rings is 2. The number of hydrogen-bond donors (Lipinski definition) is 2. The first kappa shape index (κ1) is 18.0. The number of ether oxygens (including phenoxy) is 2. The molecule has 0 unspecified atom stereocenters. The van der Waals surface area contributed by atoms with Crippen molar-refractivity contribution in [1.82, 2.24) is 10.9 Å². The molecule has 1 saturated heterocycles. The van der Waals surface area contributed by atoms with E-state index in [-0.39, 0.29) is 18.2 Å². The zero-order chi connectivity index (χ0) is 19.7. The van der Waals surface area contributed by atoms with Crippen LogP contribution in [0, 0.1) is 6.92 Å². The second-order valence-corrected chi connectivity index (χ2v) is 6.62. The van der Waals surface area contributed by atoms with Crippen molar-refractivity contribution in [2.75, 3.05) is 18.1 Å². The van der Waals surface area contributed by atoms with Gasteiger partial charge in [-0.15, -0.1) is 0 Å². The first-order valence-electron chi connectivity index (χ1n) is 8.92.